The van der Waals surface area contributed by atoms with Gasteiger partial charge in [0.05, 0.1) is 0 Å². The fourth-order valence-corrected chi connectivity index (χ4v) is 1.93. The Balaban J connectivity index is 1.77. The molecule has 1 amide bonds. The summed E-state index contributed by atoms with van der Waals surface area (Å²) in [6, 6.07) is 5.72. The largest absolute Gasteiger partial charge is 0.436 e. The average molecular weight is 330 g/mol. The average Bonchev–Trinajstić information content (AvgIpc) is 2.95. The molecule has 0 atom stereocenters. The van der Waals surface area contributed by atoms with Gasteiger partial charge in [-0.2, -0.15) is 0 Å². The van der Waals surface area contributed by atoms with E-state index in [4.69, 9.17) is 4.74 Å². The third-order valence-electron chi connectivity index (χ3n) is 3.04. The highest BCUT2D eigenvalue weighted by atomic mass is 19.1. The molecule has 0 unspecified atom stereocenters. The van der Waals surface area contributed by atoms with Crippen molar-refractivity contribution >= 4 is 11.9 Å². The lowest BCUT2D eigenvalue weighted by atomic mass is 10.2. The summed E-state index contributed by atoms with van der Waals surface area (Å²) in [6.45, 7) is 1.80. The number of aromatic nitrogens is 3. The summed E-state index contributed by atoms with van der Waals surface area (Å²) < 4.78 is 31.7. The number of aryl methyl sites for hydroxylation is 1. The SMILES string of the molecule is Cc1cnc(NC(=O)c2ccnc(Oc3ccc(F)cc3F)c2)[nH]1. The summed E-state index contributed by atoms with van der Waals surface area (Å²) in [6.07, 6.45) is 2.92. The van der Waals surface area contributed by atoms with E-state index in [1.165, 1.54) is 18.3 Å². The molecule has 2 N–H and O–H groups in total. The van der Waals surface area contributed by atoms with Gasteiger partial charge in [-0.15, -0.1) is 0 Å². The van der Waals surface area contributed by atoms with Gasteiger partial charge in [-0.05, 0) is 25.1 Å². The fourth-order valence-electron chi connectivity index (χ4n) is 1.93. The Labute approximate surface area is 135 Å². The molecule has 0 aliphatic rings. The second-order valence-corrected chi connectivity index (χ2v) is 4.93. The second-order valence-electron chi connectivity index (χ2n) is 4.93. The molecule has 0 saturated heterocycles. The standard InChI is InChI=1S/C16H12F2N4O2/c1-9-8-20-16(21-9)22-15(23)10-4-5-19-14(6-10)24-13-3-2-11(17)7-12(13)18/h2-8H,1H3,(H2,20,21,22,23). The van der Waals surface area contributed by atoms with Crippen molar-refractivity contribution < 1.29 is 18.3 Å². The lowest BCUT2D eigenvalue weighted by Gasteiger charge is -2.07. The molecular formula is C16H12F2N4O2. The summed E-state index contributed by atoms with van der Waals surface area (Å²) in [5, 5.41) is 2.58. The van der Waals surface area contributed by atoms with Gasteiger partial charge in [-0.25, -0.2) is 18.7 Å². The topological polar surface area (TPSA) is 79.9 Å². The van der Waals surface area contributed by atoms with Crippen molar-refractivity contribution in [2.24, 2.45) is 0 Å². The van der Waals surface area contributed by atoms with Gasteiger partial charge in [-0.1, -0.05) is 0 Å². The lowest BCUT2D eigenvalue weighted by Crippen LogP contribution is -2.13. The number of ether oxygens (including phenoxy) is 1. The van der Waals surface area contributed by atoms with Crippen LogP contribution >= 0.6 is 0 Å². The number of H-pyrrole nitrogens is 1. The van der Waals surface area contributed by atoms with Gasteiger partial charge in [0.25, 0.3) is 5.91 Å². The zero-order chi connectivity index (χ0) is 17.1. The van der Waals surface area contributed by atoms with E-state index in [2.05, 4.69) is 20.3 Å². The number of halogens is 2. The third kappa shape index (κ3) is 3.54. The van der Waals surface area contributed by atoms with E-state index in [0.29, 0.717) is 12.0 Å². The number of hydrogen-bond donors (Lipinski definition) is 2. The number of imidazole rings is 1. The van der Waals surface area contributed by atoms with Crippen LogP contribution in [0.3, 0.4) is 0 Å². The molecule has 6 nitrogen and oxygen atoms in total. The van der Waals surface area contributed by atoms with Crippen LogP contribution in [-0.2, 0) is 0 Å². The number of pyridine rings is 1. The van der Waals surface area contributed by atoms with E-state index in [0.717, 1.165) is 17.8 Å². The molecule has 2 heterocycles. The number of carbonyl (C=O) groups is 1. The first-order valence-corrected chi connectivity index (χ1v) is 6.93. The van der Waals surface area contributed by atoms with Crippen molar-refractivity contribution in [3.63, 3.8) is 0 Å². The number of nitrogens with one attached hydrogen (secondary N) is 2. The zero-order valence-corrected chi connectivity index (χ0v) is 12.5. The molecule has 8 heteroatoms. The Kier molecular flexibility index (Phi) is 4.19. The normalized spacial score (nSPS) is 10.5. The van der Waals surface area contributed by atoms with Crippen molar-refractivity contribution in [1.29, 1.82) is 0 Å². The zero-order valence-electron chi connectivity index (χ0n) is 12.5. The van der Waals surface area contributed by atoms with E-state index >= 15 is 0 Å². The van der Waals surface area contributed by atoms with Gasteiger partial charge < -0.3 is 9.72 Å². The molecule has 24 heavy (non-hydrogen) atoms. The van der Waals surface area contributed by atoms with Gasteiger partial charge in [0.1, 0.15) is 5.82 Å². The van der Waals surface area contributed by atoms with Crippen LogP contribution in [0.5, 0.6) is 11.6 Å². The number of amides is 1. The summed E-state index contributed by atoms with van der Waals surface area (Å²) >= 11 is 0. The highest BCUT2D eigenvalue weighted by molar-refractivity contribution is 6.03. The summed E-state index contributed by atoms with van der Waals surface area (Å²) in [5.41, 5.74) is 1.05. The molecule has 0 bridgehead atoms. The maximum atomic E-state index is 13.6. The lowest BCUT2D eigenvalue weighted by molar-refractivity contribution is 0.102. The van der Waals surface area contributed by atoms with Crippen LogP contribution < -0.4 is 10.1 Å². The molecule has 0 radical (unpaired) electrons. The fraction of sp³-hybridized carbons (Fsp3) is 0.0625. The van der Waals surface area contributed by atoms with Gasteiger partial charge in [0.15, 0.2) is 11.6 Å². The first-order chi connectivity index (χ1) is 11.5. The van der Waals surface area contributed by atoms with E-state index in [9.17, 15) is 13.6 Å². The first kappa shape index (κ1) is 15.6. The number of hydrogen-bond acceptors (Lipinski definition) is 4. The second kappa shape index (κ2) is 6.45. The molecule has 2 aromatic heterocycles. The van der Waals surface area contributed by atoms with Crippen molar-refractivity contribution in [3.05, 3.63) is 65.6 Å². The molecule has 0 saturated carbocycles. The molecule has 122 valence electrons. The molecule has 3 aromatic rings. The molecule has 1 aromatic carbocycles. The minimum atomic E-state index is -0.863. The van der Waals surface area contributed by atoms with E-state index in [1.807, 2.05) is 0 Å². The molecule has 0 aliphatic carbocycles. The van der Waals surface area contributed by atoms with Crippen molar-refractivity contribution in [3.8, 4) is 11.6 Å². The number of aromatic amines is 1. The highest BCUT2D eigenvalue weighted by Crippen LogP contribution is 2.24. The highest BCUT2D eigenvalue weighted by Gasteiger charge is 2.12. The van der Waals surface area contributed by atoms with E-state index < -0.39 is 17.5 Å². The first-order valence-electron chi connectivity index (χ1n) is 6.93. The summed E-state index contributed by atoms with van der Waals surface area (Å²) in [5.74, 6) is -1.89. The number of nitrogens with zero attached hydrogens (tertiary/aromatic N) is 2. The van der Waals surface area contributed by atoms with Crippen LogP contribution in [0.2, 0.25) is 0 Å². The van der Waals surface area contributed by atoms with Crippen molar-refractivity contribution in [2.75, 3.05) is 5.32 Å². The van der Waals surface area contributed by atoms with Gasteiger partial charge in [0, 0.05) is 35.8 Å². The third-order valence-corrected chi connectivity index (χ3v) is 3.04. The molecule has 0 spiro atoms. The quantitative estimate of drug-likeness (QED) is 0.768. The predicted molar refractivity (Wildman–Crippen MR) is 81.9 cm³/mol. The molecular weight excluding hydrogens is 318 g/mol. The Morgan fingerprint density at radius 1 is 1.21 bits per heavy atom. The Morgan fingerprint density at radius 3 is 2.75 bits per heavy atom. The van der Waals surface area contributed by atoms with Crippen LogP contribution in [0.15, 0.2) is 42.7 Å². The van der Waals surface area contributed by atoms with Crippen molar-refractivity contribution in [2.45, 2.75) is 6.92 Å². The van der Waals surface area contributed by atoms with Crippen molar-refractivity contribution in [1.82, 2.24) is 15.0 Å². The minimum absolute atomic E-state index is 0.00350. The number of rotatable bonds is 4. The van der Waals surface area contributed by atoms with E-state index in [1.54, 1.807) is 13.1 Å². The smallest absolute Gasteiger partial charge is 0.258 e. The van der Waals surface area contributed by atoms with Crippen LogP contribution in [0.4, 0.5) is 14.7 Å². The minimum Gasteiger partial charge on any atom is -0.436 e. The van der Waals surface area contributed by atoms with Gasteiger partial charge >= 0.3 is 0 Å². The molecule has 3 rings (SSSR count). The van der Waals surface area contributed by atoms with Crippen LogP contribution in [0.25, 0.3) is 0 Å². The summed E-state index contributed by atoms with van der Waals surface area (Å²) in [7, 11) is 0. The Morgan fingerprint density at radius 2 is 2.04 bits per heavy atom. The predicted octanol–water partition coefficient (Wildman–Crippen LogP) is 3.44. The van der Waals surface area contributed by atoms with Gasteiger partial charge in [0.2, 0.25) is 11.8 Å². The number of benzene rings is 1. The Bertz CT molecular complexity index is 895. The monoisotopic (exact) mass is 330 g/mol. The molecule has 0 fully saturated rings. The summed E-state index contributed by atoms with van der Waals surface area (Å²) in [4.78, 5) is 22.9. The molecule has 0 aliphatic heterocycles. The Hall–Kier alpha value is -3.29. The van der Waals surface area contributed by atoms with Crippen LogP contribution in [0, 0.1) is 18.6 Å². The number of anilines is 1. The van der Waals surface area contributed by atoms with Crippen LogP contribution in [-0.4, -0.2) is 20.9 Å². The maximum absolute atomic E-state index is 13.6. The number of carbonyl (C=O) groups excluding carboxylic acids is 1. The van der Waals surface area contributed by atoms with E-state index in [-0.39, 0.29) is 17.2 Å². The maximum Gasteiger partial charge on any atom is 0.258 e. The van der Waals surface area contributed by atoms with Gasteiger partial charge in [-0.3, -0.25) is 10.1 Å². The van der Waals surface area contributed by atoms with Crippen LogP contribution in [0.1, 0.15) is 16.1 Å².